The zero-order valence-electron chi connectivity index (χ0n) is 18.3. The van der Waals surface area contributed by atoms with E-state index in [-0.39, 0.29) is 11.3 Å². The molecule has 0 atom stereocenters. The molecular formula is C23H17F3NO8P. The summed E-state index contributed by atoms with van der Waals surface area (Å²) < 4.78 is 55.0. The number of esters is 1. The van der Waals surface area contributed by atoms with E-state index in [4.69, 9.17) is 28.9 Å². The lowest BCUT2D eigenvalue weighted by molar-refractivity contribution is -0.617. The number of pyridine rings is 1. The van der Waals surface area contributed by atoms with Crippen LogP contribution in [0.3, 0.4) is 0 Å². The molecule has 3 aromatic carbocycles. The lowest BCUT2D eigenvalue weighted by atomic mass is 10.0. The second kappa shape index (κ2) is 10.3. The quantitative estimate of drug-likeness (QED) is 0.137. The topological polar surface area (TPSA) is 137 Å². The lowest BCUT2D eigenvalue weighted by Gasteiger charge is -2.12. The first-order chi connectivity index (χ1) is 16.8. The number of ether oxygens (including phenoxy) is 1. The van der Waals surface area contributed by atoms with Crippen molar-refractivity contribution in [1.82, 2.24) is 0 Å². The molecule has 0 radical (unpaired) electrons. The second-order valence-corrected chi connectivity index (χ2v) is 8.36. The average Bonchev–Trinajstić information content (AvgIpc) is 2.78. The van der Waals surface area contributed by atoms with Crippen molar-refractivity contribution in [2.24, 2.45) is 7.05 Å². The Labute approximate surface area is 201 Å². The number of carboxylic acids is 1. The van der Waals surface area contributed by atoms with Crippen LogP contribution in [0.15, 0.2) is 72.8 Å². The van der Waals surface area contributed by atoms with Gasteiger partial charge in [-0.15, -0.1) is 0 Å². The summed E-state index contributed by atoms with van der Waals surface area (Å²) in [6.45, 7) is 0. The van der Waals surface area contributed by atoms with Gasteiger partial charge in [0.1, 0.15) is 24.5 Å². The van der Waals surface area contributed by atoms with Crippen LogP contribution >= 0.6 is 7.82 Å². The number of hydrogen-bond donors (Lipinski definition) is 2. The molecular weight excluding hydrogens is 506 g/mol. The van der Waals surface area contributed by atoms with Crippen molar-refractivity contribution in [3.63, 3.8) is 0 Å². The minimum Gasteiger partial charge on any atom is -0.542 e. The second-order valence-electron chi connectivity index (χ2n) is 7.20. The van der Waals surface area contributed by atoms with Crippen LogP contribution in [0.25, 0.3) is 21.8 Å². The fraction of sp³-hybridized carbons (Fsp3) is 0.0870. The number of rotatable bonds is 4. The van der Waals surface area contributed by atoms with E-state index in [1.165, 1.54) is 12.1 Å². The molecule has 0 spiro atoms. The highest BCUT2D eigenvalue weighted by Gasteiger charge is 2.29. The SMILES string of the molecule is C[n+]1c2ccccc2c(C(=O)Oc2ccccc2)c2cc(OP(=O)(O)O)ccc21.O=C([O-])C(F)(F)F. The van der Waals surface area contributed by atoms with E-state index in [1.54, 1.807) is 36.4 Å². The number of nitrogens with zero attached hydrogens (tertiary/aromatic N) is 1. The summed E-state index contributed by atoms with van der Waals surface area (Å²) >= 11 is 0. The molecule has 4 rings (SSSR count). The number of halogens is 3. The third kappa shape index (κ3) is 6.36. The predicted octanol–water partition coefficient (Wildman–Crippen LogP) is 2.81. The Hall–Kier alpha value is -3.99. The summed E-state index contributed by atoms with van der Waals surface area (Å²) in [5.41, 5.74) is 1.78. The molecule has 2 N–H and O–H groups in total. The maximum Gasteiger partial charge on any atom is 0.524 e. The van der Waals surface area contributed by atoms with Crippen molar-refractivity contribution in [2.45, 2.75) is 6.18 Å². The van der Waals surface area contributed by atoms with Gasteiger partial charge in [-0.05, 0) is 30.3 Å². The van der Waals surface area contributed by atoms with Gasteiger partial charge in [0, 0.05) is 12.1 Å². The van der Waals surface area contributed by atoms with Gasteiger partial charge in [0.2, 0.25) is 11.0 Å². The highest BCUT2D eigenvalue weighted by molar-refractivity contribution is 7.46. The van der Waals surface area contributed by atoms with E-state index in [1.807, 2.05) is 35.9 Å². The normalized spacial score (nSPS) is 11.5. The van der Waals surface area contributed by atoms with Gasteiger partial charge < -0.3 is 19.2 Å². The van der Waals surface area contributed by atoms with Gasteiger partial charge >= 0.3 is 20.0 Å². The molecule has 0 fully saturated rings. The number of alkyl halides is 3. The van der Waals surface area contributed by atoms with Crippen LogP contribution in [0.2, 0.25) is 0 Å². The monoisotopic (exact) mass is 523 g/mol. The van der Waals surface area contributed by atoms with E-state index < -0.39 is 25.9 Å². The van der Waals surface area contributed by atoms with Gasteiger partial charge in [0.25, 0.3) is 0 Å². The van der Waals surface area contributed by atoms with Gasteiger partial charge in [0.15, 0.2) is 0 Å². The molecule has 0 saturated carbocycles. The van der Waals surface area contributed by atoms with E-state index in [9.17, 15) is 22.5 Å². The predicted molar refractivity (Wildman–Crippen MR) is 118 cm³/mol. The molecule has 13 heteroatoms. The van der Waals surface area contributed by atoms with E-state index >= 15 is 0 Å². The summed E-state index contributed by atoms with van der Waals surface area (Å²) in [6.07, 6.45) is -5.19. The highest BCUT2D eigenvalue weighted by atomic mass is 31.2. The number of aromatic nitrogens is 1. The number of aliphatic carboxylic acids is 1. The van der Waals surface area contributed by atoms with Crippen LogP contribution in [0, 0.1) is 0 Å². The average molecular weight is 523 g/mol. The van der Waals surface area contributed by atoms with Gasteiger partial charge in [-0.3, -0.25) is 9.79 Å². The van der Waals surface area contributed by atoms with Crippen LogP contribution in [0.4, 0.5) is 13.2 Å². The largest absolute Gasteiger partial charge is 0.542 e. The maximum atomic E-state index is 13.1. The first-order valence-corrected chi connectivity index (χ1v) is 11.5. The van der Waals surface area contributed by atoms with Crippen molar-refractivity contribution < 1.29 is 56.0 Å². The number of benzene rings is 3. The van der Waals surface area contributed by atoms with Gasteiger partial charge in [-0.2, -0.15) is 17.7 Å². The molecule has 0 aliphatic carbocycles. The van der Waals surface area contributed by atoms with Crippen LogP contribution in [-0.2, 0) is 16.4 Å². The Balaban J connectivity index is 0.000000454. The molecule has 0 bridgehead atoms. The van der Waals surface area contributed by atoms with Crippen molar-refractivity contribution in [3.8, 4) is 11.5 Å². The molecule has 0 aliphatic rings. The van der Waals surface area contributed by atoms with E-state index in [0.29, 0.717) is 22.0 Å². The molecule has 1 heterocycles. The Kier molecular flexibility index (Phi) is 7.63. The molecule has 0 unspecified atom stereocenters. The number of para-hydroxylation sites is 2. The highest BCUT2D eigenvalue weighted by Crippen LogP contribution is 2.39. The van der Waals surface area contributed by atoms with Crippen LogP contribution in [-0.4, -0.2) is 27.9 Å². The van der Waals surface area contributed by atoms with Crippen LogP contribution in [0.1, 0.15) is 10.4 Å². The van der Waals surface area contributed by atoms with Crippen molar-refractivity contribution in [2.75, 3.05) is 0 Å². The van der Waals surface area contributed by atoms with Crippen molar-refractivity contribution >= 4 is 41.6 Å². The van der Waals surface area contributed by atoms with Crippen LogP contribution < -0.4 is 18.9 Å². The summed E-state index contributed by atoms with van der Waals surface area (Å²) in [6, 6.07) is 20.6. The third-order valence-corrected chi connectivity index (χ3v) is 5.20. The molecule has 9 nitrogen and oxygen atoms in total. The maximum absolute atomic E-state index is 13.1. The van der Waals surface area contributed by atoms with Crippen molar-refractivity contribution in [1.29, 1.82) is 0 Å². The number of fused-ring (bicyclic) bond motifs is 2. The minimum absolute atomic E-state index is 0.0464. The molecule has 36 heavy (non-hydrogen) atoms. The van der Waals surface area contributed by atoms with Gasteiger partial charge in [-0.25, -0.2) is 9.36 Å². The van der Waals surface area contributed by atoms with E-state index in [2.05, 4.69) is 0 Å². The molecule has 4 aromatic rings. The first-order valence-electron chi connectivity index (χ1n) is 9.93. The third-order valence-electron chi connectivity index (χ3n) is 4.75. The first kappa shape index (κ1) is 26.6. The smallest absolute Gasteiger partial charge is 0.524 e. The van der Waals surface area contributed by atoms with Gasteiger partial charge in [-0.1, -0.05) is 30.3 Å². The fourth-order valence-corrected chi connectivity index (χ4v) is 3.71. The Morgan fingerprint density at radius 2 is 1.44 bits per heavy atom. The Morgan fingerprint density at radius 1 is 0.889 bits per heavy atom. The Bertz CT molecular complexity index is 1490. The molecule has 188 valence electrons. The number of carboxylic acid groups (broad SMARTS) is 1. The van der Waals surface area contributed by atoms with Crippen molar-refractivity contribution in [3.05, 3.63) is 78.4 Å². The van der Waals surface area contributed by atoms with Crippen LogP contribution in [0.5, 0.6) is 11.5 Å². The standard InChI is InChI=1S/C21H16NO6P.C2HF3O2/c1-22-18-10-6-5-9-16(18)20(21(23)27-14-7-3-2-4-8-14)17-13-15(11-12-19(17)22)28-29(24,25)26;3-2(4,5)1(6)7/h2-13H,1H3,(H-,24,25,26);(H,6,7). The lowest BCUT2D eigenvalue weighted by Crippen LogP contribution is -2.37. The molecule has 0 saturated heterocycles. The summed E-state index contributed by atoms with van der Waals surface area (Å²) in [5.74, 6) is -3.24. The zero-order valence-corrected chi connectivity index (χ0v) is 19.2. The Morgan fingerprint density at radius 3 is 2.03 bits per heavy atom. The summed E-state index contributed by atoms with van der Waals surface area (Å²) in [7, 11) is -2.89. The summed E-state index contributed by atoms with van der Waals surface area (Å²) in [4.78, 5) is 40.2. The fourth-order valence-electron chi connectivity index (χ4n) is 3.32. The number of carbonyl (C=O) groups excluding carboxylic acids is 2. The number of aryl methyl sites for hydroxylation is 1. The minimum atomic E-state index is -5.19. The molecule has 1 aromatic heterocycles. The number of phosphoric ester groups is 1. The van der Waals surface area contributed by atoms with E-state index in [0.717, 1.165) is 5.52 Å². The number of hydrogen-bond acceptors (Lipinski definition) is 6. The molecule has 0 amide bonds. The molecule has 0 aliphatic heterocycles. The zero-order chi connectivity index (χ0) is 26.7. The number of phosphoric acid groups is 1. The van der Waals surface area contributed by atoms with Gasteiger partial charge in [0.05, 0.1) is 16.3 Å². The summed E-state index contributed by atoms with van der Waals surface area (Å²) in [5, 5.41) is 9.89. The number of carbonyl (C=O) groups is 2.